The smallest absolute Gasteiger partial charge is 0.344 e. The molecule has 1 atom stereocenters. The maximum atomic E-state index is 13.3. The van der Waals surface area contributed by atoms with Crippen LogP contribution >= 0.6 is 43.5 Å². The lowest BCUT2D eigenvalue weighted by molar-refractivity contribution is -0.145. The van der Waals surface area contributed by atoms with Gasteiger partial charge in [-0.05, 0) is 59.6 Å². The van der Waals surface area contributed by atoms with Gasteiger partial charge in [-0.25, -0.2) is 9.78 Å². The first-order valence-electron chi connectivity index (χ1n) is 10.3. The van der Waals surface area contributed by atoms with Crippen LogP contribution in [0.15, 0.2) is 49.2 Å². The molecule has 1 heterocycles. The lowest BCUT2D eigenvalue weighted by Gasteiger charge is -2.14. The van der Waals surface area contributed by atoms with Gasteiger partial charge in [-0.15, -0.1) is 0 Å². The highest BCUT2D eigenvalue weighted by Gasteiger charge is 2.17. The molecule has 0 bridgehead atoms. The second-order valence-corrected chi connectivity index (χ2v) is 9.41. The van der Waals surface area contributed by atoms with Crippen LogP contribution in [0.2, 0.25) is 5.02 Å². The summed E-state index contributed by atoms with van der Waals surface area (Å²) in [6.07, 6.45) is 2.25. The fraction of sp³-hybridized carbons (Fsp3) is 0.304. The third kappa shape index (κ3) is 6.02. The Morgan fingerprint density at radius 3 is 2.73 bits per heavy atom. The van der Waals surface area contributed by atoms with E-state index in [-0.39, 0.29) is 24.7 Å². The number of carbonyl (C=O) groups is 1. The normalized spacial score (nSPS) is 12.3. The van der Waals surface area contributed by atoms with Gasteiger partial charge in [-0.3, -0.25) is 4.79 Å². The molecule has 0 unspecified atom stereocenters. The molecule has 0 aliphatic carbocycles. The summed E-state index contributed by atoms with van der Waals surface area (Å²) in [5.74, 6) is 0.393. The first-order valence-corrected chi connectivity index (χ1v) is 12.3. The number of fused-ring (bicyclic) bond motifs is 1. The molecule has 7 nitrogen and oxygen atoms in total. The fourth-order valence-corrected chi connectivity index (χ4v) is 4.37. The predicted molar refractivity (Wildman–Crippen MR) is 137 cm³/mol. The van der Waals surface area contributed by atoms with Crippen LogP contribution in [0.3, 0.4) is 0 Å². The van der Waals surface area contributed by atoms with Crippen molar-refractivity contribution in [3.63, 3.8) is 0 Å². The van der Waals surface area contributed by atoms with Crippen LogP contribution in [-0.2, 0) is 9.53 Å². The Balaban J connectivity index is 2.11. The van der Waals surface area contributed by atoms with E-state index in [1.165, 1.54) is 10.9 Å². The van der Waals surface area contributed by atoms with E-state index in [0.717, 1.165) is 10.9 Å². The number of ether oxygens (including phenoxy) is 2. The summed E-state index contributed by atoms with van der Waals surface area (Å²) >= 11 is 13.0. The number of hydrogen-bond acceptors (Lipinski definition) is 6. The second-order valence-electron chi connectivity index (χ2n) is 7.20. The van der Waals surface area contributed by atoms with Gasteiger partial charge in [-0.2, -0.15) is 9.78 Å². The second kappa shape index (κ2) is 11.3. The minimum atomic E-state index is -0.498. The van der Waals surface area contributed by atoms with Crippen LogP contribution < -0.4 is 10.3 Å². The number of carbonyl (C=O) groups excluding carboxylic acids is 1. The molecular formula is C23H22Br2ClN3O4. The Kier molecular flexibility index (Phi) is 8.67. The largest absolute Gasteiger partial charge is 0.480 e. The Morgan fingerprint density at radius 2 is 2.03 bits per heavy atom. The Bertz CT molecular complexity index is 1280. The van der Waals surface area contributed by atoms with Crippen LogP contribution in [0.25, 0.3) is 10.9 Å². The van der Waals surface area contributed by atoms with Gasteiger partial charge in [0.15, 0.2) is 6.61 Å². The summed E-state index contributed by atoms with van der Waals surface area (Å²) in [4.78, 5) is 29.8. The van der Waals surface area contributed by atoms with Gasteiger partial charge in [0.1, 0.15) is 11.6 Å². The maximum absolute atomic E-state index is 13.3. The molecule has 0 radical (unpaired) electrons. The number of hydrogen-bond donors (Lipinski definition) is 0. The number of nitrogens with zero attached hydrogens (tertiary/aromatic N) is 3. The van der Waals surface area contributed by atoms with E-state index in [1.54, 1.807) is 31.2 Å². The molecule has 0 aliphatic rings. The number of benzene rings is 2. The van der Waals surface area contributed by atoms with Crippen molar-refractivity contribution in [2.75, 3.05) is 13.2 Å². The quantitative estimate of drug-likeness (QED) is 0.238. The molecule has 10 heteroatoms. The number of esters is 1. The maximum Gasteiger partial charge on any atom is 0.344 e. The molecule has 174 valence electrons. The highest BCUT2D eigenvalue weighted by Crippen LogP contribution is 2.32. The van der Waals surface area contributed by atoms with Gasteiger partial charge < -0.3 is 9.47 Å². The molecule has 3 rings (SSSR count). The van der Waals surface area contributed by atoms with Crippen molar-refractivity contribution in [2.24, 2.45) is 5.10 Å². The van der Waals surface area contributed by atoms with E-state index in [4.69, 9.17) is 26.1 Å². The average Bonchev–Trinajstić information content (AvgIpc) is 2.77. The molecule has 0 aliphatic heterocycles. The molecule has 0 fully saturated rings. The lowest BCUT2D eigenvalue weighted by atomic mass is 10.1. The van der Waals surface area contributed by atoms with E-state index < -0.39 is 5.97 Å². The first-order chi connectivity index (χ1) is 15.7. The molecule has 3 aromatic rings. The van der Waals surface area contributed by atoms with Crippen LogP contribution in [-0.4, -0.2) is 35.1 Å². The van der Waals surface area contributed by atoms with Crippen molar-refractivity contribution in [1.82, 2.24) is 9.66 Å². The van der Waals surface area contributed by atoms with Gasteiger partial charge in [0.25, 0.3) is 5.56 Å². The number of halogens is 3. The zero-order valence-corrected chi connectivity index (χ0v) is 22.2. The Labute approximate surface area is 213 Å². The molecule has 0 amide bonds. The van der Waals surface area contributed by atoms with E-state index in [1.807, 2.05) is 19.9 Å². The summed E-state index contributed by atoms with van der Waals surface area (Å²) < 4.78 is 13.2. The molecule has 0 saturated carbocycles. The highest BCUT2D eigenvalue weighted by molar-refractivity contribution is 9.10. The zero-order valence-electron chi connectivity index (χ0n) is 18.3. The SMILES string of the molecule is CCOC(=O)COc1c(Br)cc(Cl)cc1C=Nn1c([C@H](C)CC)nc2ccc(Br)cc2c1=O. The summed E-state index contributed by atoms with van der Waals surface area (Å²) in [6.45, 7) is 5.70. The van der Waals surface area contributed by atoms with Gasteiger partial charge in [0.2, 0.25) is 0 Å². The number of aromatic nitrogens is 2. The summed E-state index contributed by atoms with van der Waals surface area (Å²) in [5.41, 5.74) is 0.798. The van der Waals surface area contributed by atoms with Crippen LogP contribution in [0.5, 0.6) is 5.75 Å². The highest BCUT2D eigenvalue weighted by atomic mass is 79.9. The van der Waals surface area contributed by atoms with Crippen LogP contribution in [0.4, 0.5) is 0 Å². The van der Waals surface area contributed by atoms with Crippen molar-refractivity contribution in [3.8, 4) is 5.75 Å². The van der Waals surface area contributed by atoms with Crippen molar-refractivity contribution in [1.29, 1.82) is 0 Å². The van der Waals surface area contributed by atoms with E-state index in [2.05, 4.69) is 37.0 Å². The van der Waals surface area contributed by atoms with E-state index in [0.29, 0.717) is 37.5 Å². The molecule has 1 aromatic heterocycles. The average molecular weight is 600 g/mol. The third-order valence-electron chi connectivity index (χ3n) is 4.88. The van der Waals surface area contributed by atoms with Crippen LogP contribution in [0.1, 0.15) is 44.5 Å². The van der Waals surface area contributed by atoms with Gasteiger partial charge in [0, 0.05) is 21.0 Å². The van der Waals surface area contributed by atoms with Crippen LogP contribution in [0, 0.1) is 0 Å². The fourth-order valence-electron chi connectivity index (χ4n) is 3.06. The minimum absolute atomic E-state index is 0.00599. The molecule has 0 saturated heterocycles. The Morgan fingerprint density at radius 1 is 1.27 bits per heavy atom. The molecular weight excluding hydrogens is 578 g/mol. The van der Waals surface area contributed by atoms with Crippen molar-refractivity contribution < 1.29 is 14.3 Å². The molecule has 0 spiro atoms. The molecule has 33 heavy (non-hydrogen) atoms. The van der Waals surface area contributed by atoms with Gasteiger partial charge >= 0.3 is 5.97 Å². The van der Waals surface area contributed by atoms with Crippen molar-refractivity contribution in [2.45, 2.75) is 33.1 Å². The first kappa shape index (κ1) is 25.4. The summed E-state index contributed by atoms with van der Waals surface area (Å²) in [6, 6.07) is 8.65. The van der Waals surface area contributed by atoms with Crippen molar-refractivity contribution >= 4 is 66.5 Å². The monoisotopic (exact) mass is 597 g/mol. The summed E-state index contributed by atoms with van der Waals surface area (Å²) in [5, 5.41) is 5.33. The topological polar surface area (TPSA) is 82.8 Å². The van der Waals surface area contributed by atoms with E-state index in [9.17, 15) is 9.59 Å². The standard InChI is InChI=1S/C23H22Br2ClN3O4/c1-4-13(3)22-28-19-7-6-15(24)9-17(19)23(31)29(22)27-11-14-8-16(26)10-18(25)21(14)33-12-20(30)32-5-2/h6-11,13H,4-5,12H2,1-3H3/t13-/m1/s1. The predicted octanol–water partition coefficient (Wildman–Crippen LogP) is 5.91. The number of rotatable bonds is 8. The lowest BCUT2D eigenvalue weighted by Crippen LogP contribution is -2.23. The van der Waals surface area contributed by atoms with Crippen molar-refractivity contribution in [3.05, 3.63) is 66.0 Å². The summed E-state index contributed by atoms with van der Waals surface area (Å²) in [7, 11) is 0. The molecule has 2 aromatic carbocycles. The van der Waals surface area contributed by atoms with Gasteiger partial charge in [0.05, 0.1) is 28.2 Å². The minimum Gasteiger partial charge on any atom is -0.480 e. The molecule has 0 N–H and O–H groups in total. The zero-order chi connectivity index (χ0) is 24.1. The third-order valence-corrected chi connectivity index (χ3v) is 6.18. The van der Waals surface area contributed by atoms with E-state index >= 15 is 0 Å². The Hall–Kier alpha value is -2.23. The van der Waals surface area contributed by atoms with Gasteiger partial charge in [-0.1, -0.05) is 41.4 Å².